The van der Waals surface area contributed by atoms with Gasteiger partial charge in [0.1, 0.15) is 11.2 Å². The van der Waals surface area contributed by atoms with Crippen LogP contribution < -0.4 is 5.56 Å². The fourth-order valence-corrected chi connectivity index (χ4v) is 2.21. The van der Waals surface area contributed by atoms with Crippen LogP contribution >= 0.6 is 0 Å². The number of aromatic amines is 2. The van der Waals surface area contributed by atoms with Crippen LogP contribution in [-0.2, 0) is 6.42 Å². The van der Waals surface area contributed by atoms with Gasteiger partial charge in [0.2, 0.25) is 0 Å². The molecule has 0 aliphatic rings. The number of benzene rings is 1. The summed E-state index contributed by atoms with van der Waals surface area (Å²) in [5, 5.41) is 18.2. The molecule has 0 amide bonds. The molecule has 0 saturated heterocycles. The first-order chi connectivity index (χ1) is 10.8. The van der Waals surface area contributed by atoms with Crippen molar-refractivity contribution in [1.29, 1.82) is 0 Å². The van der Waals surface area contributed by atoms with Gasteiger partial charge in [-0.25, -0.2) is 9.67 Å². The van der Waals surface area contributed by atoms with Gasteiger partial charge >= 0.3 is 0 Å². The maximum absolute atomic E-state index is 12.2. The lowest BCUT2D eigenvalue weighted by molar-refractivity contribution is 0.862. The number of rotatable bonds is 3. The van der Waals surface area contributed by atoms with Gasteiger partial charge < -0.3 is 4.98 Å². The van der Waals surface area contributed by atoms with Crippen LogP contribution in [0, 0.1) is 0 Å². The normalized spacial score (nSPS) is 11.1. The minimum absolute atomic E-state index is 0.245. The summed E-state index contributed by atoms with van der Waals surface area (Å²) in [4.78, 5) is 19.3. The first kappa shape index (κ1) is 12.4. The number of nitrogens with zero attached hydrogens (tertiary/aromatic N) is 6. The molecular weight excluding hydrogens is 284 g/mol. The molecular formula is C13H10N8O. The lowest BCUT2D eigenvalue weighted by Crippen LogP contribution is -2.13. The van der Waals surface area contributed by atoms with E-state index in [1.165, 1.54) is 6.20 Å². The van der Waals surface area contributed by atoms with E-state index in [2.05, 4.69) is 35.7 Å². The molecule has 0 saturated carbocycles. The molecule has 0 fully saturated rings. The Kier molecular flexibility index (Phi) is 2.75. The zero-order chi connectivity index (χ0) is 14.9. The van der Waals surface area contributed by atoms with Crippen LogP contribution in [0.25, 0.3) is 16.7 Å². The minimum atomic E-state index is -0.245. The summed E-state index contributed by atoms with van der Waals surface area (Å²) in [7, 11) is 0. The molecule has 9 heteroatoms. The molecule has 3 aromatic heterocycles. The zero-order valence-electron chi connectivity index (χ0n) is 11.3. The molecule has 4 aromatic rings. The number of aromatic nitrogens is 8. The Balaban J connectivity index is 1.87. The van der Waals surface area contributed by atoms with Crippen molar-refractivity contribution in [2.24, 2.45) is 0 Å². The second-order valence-electron chi connectivity index (χ2n) is 4.65. The van der Waals surface area contributed by atoms with E-state index in [9.17, 15) is 4.79 Å². The quantitative estimate of drug-likeness (QED) is 0.557. The Labute approximate surface area is 123 Å². The lowest BCUT2D eigenvalue weighted by atomic mass is 10.3. The molecule has 2 N–H and O–H groups in total. The highest BCUT2D eigenvalue weighted by molar-refractivity contribution is 5.75. The average molecular weight is 294 g/mol. The smallest absolute Gasteiger partial charge is 0.262 e. The standard InChI is InChI=1S/C13H10N8O/c22-13-9-7-14-21(8-4-2-1-3-5-8)12(9)15-10(16-13)6-11-17-19-20-18-11/h1-5,7H,6H2,(H,15,16,22)(H,17,18,19,20). The monoisotopic (exact) mass is 294 g/mol. The predicted molar refractivity (Wildman–Crippen MR) is 76.5 cm³/mol. The second-order valence-corrected chi connectivity index (χ2v) is 4.65. The third-order valence-corrected chi connectivity index (χ3v) is 3.20. The highest BCUT2D eigenvalue weighted by atomic mass is 16.1. The van der Waals surface area contributed by atoms with E-state index in [1.54, 1.807) is 4.68 Å². The predicted octanol–water partition coefficient (Wildman–Crippen LogP) is 0.213. The third-order valence-electron chi connectivity index (χ3n) is 3.20. The van der Waals surface area contributed by atoms with E-state index in [-0.39, 0.29) is 12.0 Å². The fourth-order valence-electron chi connectivity index (χ4n) is 2.21. The lowest BCUT2D eigenvalue weighted by Gasteiger charge is -2.03. The van der Waals surface area contributed by atoms with E-state index in [4.69, 9.17) is 0 Å². The first-order valence-corrected chi connectivity index (χ1v) is 6.56. The summed E-state index contributed by atoms with van der Waals surface area (Å²) in [5.41, 5.74) is 1.08. The van der Waals surface area contributed by atoms with Crippen molar-refractivity contribution >= 4 is 11.0 Å². The van der Waals surface area contributed by atoms with Gasteiger partial charge in [0, 0.05) is 0 Å². The Hall–Kier alpha value is -3.36. The summed E-state index contributed by atoms with van der Waals surface area (Å²) in [6.07, 6.45) is 1.79. The van der Waals surface area contributed by atoms with Crippen LogP contribution in [0.1, 0.15) is 11.6 Å². The number of hydrogen-bond acceptors (Lipinski definition) is 6. The van der Waals surface area contributed by atoms with Crippen LogP contribution in [-0.4, -0.2) is 40.4 Å². The Bertz CT molecular complexity index is 970. The van der Waals surface area contributed by atoms with Gasteiger partial charge in [-0.05, 0) is 12.1 Å². The van der Waals surface area contributed by atoms with Gasteiger partial charge in [-0.3, -0.25) is 4.79 Å². The molecule has 0 unspecified atom stereocenters. The fraction of sp³-hybridized carbons (Fsp3) is 0.0769. The van der Waals surface area contributed by atoms with Gasteiger partial charge in [0.15, 0.2) is 11.5 Å². The number of H-pyrrole nitrogens is 2. The summed E-state index contributed by atoms with van der Waals surface area (Å²) in [6, 6.07) is 9.51. The zero-order valence-corrected chi connectivity index (χ0v) is 11.3. The van der Waals surface area contributed by atoms with Crippen LogP contribution in [0.2, 0.25) is 0 Å². The van der Waals surface area contributed by atoms with Gasteiger partial charge in [0.25, 0.3) is 5.56 Å². The summed E-state index contributed by atoms with van der Waals surface area (Å²) in [5.74, 6) is 0.907. The van der Waals surface area contributed by atoms with Crippen molar-refractivity contribution in [3.8, 4) is 5.69 Å². The second kappa shape index (κ2) is 4.88. The van der Waals surface area contributed by atoms with Crippen molar-refractivity contribution in [3.63, 3.8) is 0 Å². The van der Waals surface area contributed by atoms with Crippen LogP contribution in [0.3, 0.4) is 0 Å². The van der Waals surface area contributed by atoms with Gasteiger partial charge in [-0.15, -0.1) is 10.2 Å². The van der Waals surface area contributed by atoms with Crippen LogP contribution in [0.4, 0.5) is 0 Å². The molecule has 108 valence electrons. The summed E-state index contributed by atoms with van der Waals surface area (Å²) in [6.45, 7) is 0. The largest absolute Gasteiger partial charge is 0.309 e. The number of tetrazole rings is 1. The van der Waals surface area contributed by atoms with Crippen molar-refractivity contribution in [2.75, 3.05) is 0 Å². The van der Waals surface area contributed by atoms with Crippen molar-refractivity contribution in [2.45, 2.75) is 6.42 Å². The van der Waals surface area contributed by atoms with Gasteiger partial charge in [-0.1, -0.05) is 23.4 Å². The summed E-state index contributed by atoms with van der Waals surface area (Å²) >= 11 is 0. The highest BCUT2D eigenvalue weighted by Crippen LogP contribution is 2.13. The molecule has 0 atom stereocenters. The van der Waals surface area contributed by atoms with Crippen LogP contribution in [0.15, 0.2) is 41.3 Å². The Morgan fingerprint density at radius 3 is 2.82 bits per heavy atom. The molecule has 0 aliphatic heterocycles. The van der Waals surface area contributed by atoms with E-state index < -0.39 is 0 Å². The molecule has 0 aliphatic carbocycles. The maximum Gasteiger partial charge on any atom is 0.262 e. The Morgan fingerprint density at radius 2 is 2.05 bits per heavy atom. The molecule has 3 heterocycles. The molecule has 4 rings (SSSR count). The average Bonchev–Trinajstić information content (AvgIpc) is 3.18. The Morgan fingerprint density at radius 1 is 1.18 bits per heavy atom. The first-order valence-electron chi connectivity index (χ1n) is 6.56. The van der Waals surface area contributed by atoms with Crippen molar-refractivity contribution in [1.82, 2.24) is 40.4 Å². The molecule has 0 spiro atoms. The van der Waals surface area contributed by atoms with Gasteiger partial charge in [-0.2, -0.15) is 10.3 Å². The molecule has 1 aromatic carbocycles. The van der Waals surface area contributed by atoms with E-state index in [0.29, 0.717) is 22.7 Å². The van der Waals surface area contributed by atoms with Gasteiger partial charge in [0.05, 0.1) is 18.3 Å². The molecule has 22 heavy (non-hydrogen) atoms. The molecule has 0 radical (unpaired) electrons. The maximum atomic E-state index is 12.2. The molecule has 0 bridgehead atoms. The SMILES string of the molecule is O=c1[nH]c(Cc2nn[nH]n2)nc2c1cnn2-c1ccccc1. The summed E-state index contributed by atoms with van der Waals surface area (Å²) < 4.78 is 1.63. The van der Waals surface area contributed by atoms with E-state index in [1.807, 2.05) is 30.3 Å². The van der Waals surface area contributed by atoms with Crippen molar-refractivity contribution < 1.29 is 0 Å². The highest BCUT2D eigenvalue weighted by Gasteiger charge is 2.12. The third kappa shape index (κ3) is 2.04. The number of fused-ring (bicyclic) bond motifs is 1. The number of hydrogen-bond donors (Lipinski definition) is 2. The van der Waals surface area contributed by atoms with Crippen molar-refractivity contribution in [3.05, 3.63) is 58.5 Å². The topological polar surface area (TPSA) is 118 Å². The minimum Gasteiger partial charge on any atom is -0.309 e. The number of nitrogens with one attached hydrogen (secondary N) is 2. The number of para-hydroxylation sites is 1. The molecule has 9 nitrogen and oxygen atoms in total. The van der Waals surface area contributed by atoms with E-state index in [0.717, 1.165) is 5.69 Å². The van der Waals surface area contributed by atoms with Crippen LogP contribution in [0.5, 0.6) is 0 Å². The van der Waals surface area contributed by atoms with E-state index >= 15 is 0 Å².